The number of likely N-dealkylation sites (tertiary alicyclic amines) is 1. The van der Waals surface area contributed by atoms with Gasteiger partial charge in [0.1, 0.15) is 30.0 Å². The summed E-state index contributed by atoms with van der Waals surface area (Å²) in [5.74, 6) is -2.43. The molecule has 0 spiro atoms. The second-order valence-corrected chi connectivity index (χ2v) is 9.65. The van der Waals surface area contributed by atoms with Gasteiger partial charge in [0.05, 0.1) is 30.1 Å². The van der Waals surface area contributed by atoms with Crippen molar-refractivity contribution >= 4 is 15.9 Å². The lowest BCUT2D eigenvalue weighted by atomic mass is 9.89. The molecular formula is C20H20F4N4O3S. The first kappa shape index (κ1) is 22.5. The molecule has 1 saturated heterocycles. The lowest BCUT2D eigenvalue weighted by molar-refractivity contribution is -0.0435. The van der Waals surface area contributed by atoms with Crippen molar-refractivity contribution in [3.8, 4) is 11.1 Å². The van der Waals surface area contributed by atoms with E-state index in [-0.39, 0.29) is 23.7 Å². The number of alkyl halides is 1. The summed E-state index contributed by atoms with van der Waals surface area (Å²) in [4.78, 5) is 11.1. The van der Waals surface area contributed by atoms with Crippen LogP contribution in [0.25, 0.3) is 11.1 Å². The van der Waals surface area contributed by atoms with E-state index in [1.165, 1.54) is 0 Å². The zero-order valence-electron chi connectivity index (χ0n) is 17.0. The zero-order valence-corrected chi connectivity index (χ0v) is 17.8. The van der Waals surface area contributed by atoms with Crippen molar-refractivity contribution in [3.63, 3.8) is 0 Å². The van der Waals surface area contributed by atoms with Crippen LogP contribution >= 0.6 is 0 Å². The Morgan fingerprint density at radius 1 is 1.28 bits per heavy atom. The van der Waals surface area contributed by atoms with Crippen LogP contribution in [-0.4, -0.2) is 56.2 Å². The fourth-order valence-electron chi connectivity index (χ4n) is 4.03. The third-order valence-corrected chi connectivity index (χ3v) is 6.20. The van der Waals surface area contributed by atoms with Crippen LogP contribution in [0, 0.1) is 17.5 Å². The predicted octanol–water partition coefficient (Wildman–Crippen LogP) is 2.69. The molecule has 1 fully saturated rings. The molecule has 0 aliphatic carbocycles. The van der Waals surface area contributed by atoms with Crippen LogP contribution in [-0.2, 0) is 20.5 Å². The third-order valence-electron chi connectivity index (χ3n) is 5.44. The summed E-state index contributed by atoms with van der Waals surface area (Å²) in [7, 11) is -3.40. The molecule has 0 amide bonds. The molecule has 2 atom stereocenters. The maximum absolute atomic E-state index is 14.4. The van der Waals surface area contributed by atoms with Gasteiger partial charge >= 0.3 is 0 Å². The van der Waals surface area contributed by atoms with E-state index in [4.69, 9.17) is 4.84 Å². The molecule has 32 heavy (non-hydrogen) atoms. The monoisotopic (exact) mass is 472 g/mol. The Labute approximate surface area is 182 Å². The minimum Gasteiger partial charge on any atom is -0.378 e. The van der Waals surface area contributed by atoms with E-state index in [0.717, 1.165) is 36.7 Å². The summed E-state index contributed by atoms with van der Waals surface area (Å²) in [5, 5.41) is 3.96. The lowest BCUT2D eigenvalue weighted by Crippen LogP contribution is -2.39. The van der Waals surface area contributed by atoms with Crippen molar-refractivity contribution < 1.29 is 30.8 Å². The number of hydrogen-bond acceptors (Lipinski definition) is 6. The Kier molecular flexibility index (Phi) is 5.84. The van der Waals surface area contributed by atoms with Crippen LogP contribution < -0.4 is 4.72 Å². The van der Waals surface area contributed by atoms with E-state index in [0.29, 0.717) is 25.3 Å². The molecule has 3 heterocycles. The summed E-state index contributed by atoms with van der Waals surface area (Å²) >= 11 is 0. The Balaban J connectivity index is 1.65. The highest BCUT2D eigenvalue weighted by atomic mass is 32.2. The standard InChI is InChI=1S/C20H20F4N4O3S/c1-32(29,30)27-13-5-6-28(10-13)17-8-20(11-21,31-26-17)19-14(7-12(22)9-25-19)18-15(23)3-2-4-16(18)24/h2-4,7,9,13,27H,5-6,8,10-11H2,1H3/t13-,20?/m0/s1. The van der Waals surface area contributed by atoms with Crippen LogP contribution in [0.1, 0.15) is 18.5 Å². The first-order valence-corrected chi connectivity index (χ1v) is 11.6. The molecule has 1 N–H and O–H groups in total. The number of nitrogens with one attached hydrogen (secondary N) is 1. The molecule has 1 aromatic heterocycles. The van der Waals surface area contributed by atoms with Gasteiger partial charge in [-0.2, -0.15) is 0 Å². The van der Waals surface area contributed by atoms with Crippen LogP contribution in [0.15, 0.2) is 35.6 Å². The second kappa shape index (κ2) is 8.32. The average Bonchev–Trinajstić information content (AvgIpc) is 3.34. The topological polar surface area (TPSA) is 83.9 Å². The van der Waals surface area contributed by atoms with Gasteiger partial charge in [-0.3, -0.25) is 4.98 Å². The van der Waals surface area contributed by atoms with Crippen LogP contribution in [0.3, 0.4) is 0 Å². The predicted molar refractivity (Wildman–Crippen MR) is 108 cm³/mol. The summed E-state index contributed by atoms with van der Waals surface area (Å²) in [5.41, 5.74) is -2.81. The van der Waals surface area contributed by atoms with Crippen LogP contribution in [0.5, 0.6) is 0 Å². The van der Waals surface area contributed by atoms with E-state index >= 15 is 0 Å². The second-order valence-electron chi connectivity index (χ2n) is 7.87. The van der Waals surface area contributed by atoms with Gasteiger partial charge in [-0.25, -0.2) is 30.7 Å². The molecule has 1 unspecified atom stereocenters. The molecule has 0 radical (unpaired) electrons. The molecule has 0 bridgehead atoms. The Morgan fingerprint density at radius 3 is 2.66 bits per heavy atom. The normalized spacial score (nSPS) is 23.3. The van der Waals surface area contributed by atoms with Gasteiger partial charge in [0.15, 0.2) is 0 Å². The number of halogens is 4. The quantitative estimate of drug-likeness (QED) is 0.677. The highest BCUT2D eigenvalue weighted by Crippen LogP contribution is 2.42. The van der Waals surface area contributed by atoms with Gasteiger partial charge in [0.25, 0.3) is 0 Å². The molecule has 2 aliphatic heterocycles. The summed E-state index contributed by atoms with van der Waals surface area (Å²) in [6.45, 7) is -0.396. The molecular weight excluding hydrogens is 452 g/mol. The lowest BCUT2D eigenvalue weighted by Gasteiger charge is -2.26. The van der Waals surface area contributed by atoms with E-state index in [9.17, 15) is 26.0 Å². The molecule has 0 saturated carbocycles. The van der Waals surface area contributed by atoms with Crippen molar-refractivity contribution in [3.05, 3.63) is 53.6 Å². The van der Waals surface area contributed by atoms with E-state index in [1.807, 2.05) is 0 Å². The SMILES string of the molecule is CS(=O)(=O)N[C@H]1CCN(C2=NOC(CF)(c3ncc(F)cc3-c3c(F)cccc3F)C2)C1. The Bertz CT molecular complexity index is 1160. The van der Waals surface area contributed by atoms with Crippen LogP contribution in [0.2, 0.25) is 0 Å². The van der Waals surface area contributed by atoms with E-state index < -0.39 is 45.3 Å². The highest BCUT2D eigenvalue weighted by Gasteiger charge is 2.47. The van der Waals surface area contributed by atoms with Gasteiger partial charge < -0.3 is 9.74 Å². The number of amidine groups is 1. The zero-order chi connectivity index (χ0) is 23.1. The molecule has 7 nitrogen and oxygen atoms in total. The largest absolute Gasteiger partial charge is 0.378 e. The summed E-state index contributed by atoms with van der Waals surface area (Å²) < 4.78 is 82.7. The Hall–Kier alpha value is -2.73. The summed E-state index contributed by atoms with van der Waals surface area (Å²) in [6, 6.07) is 3.70. The Morgan fingerprint density at radius 2 is 2.00 bits per heavy atom. The molecule has 2 aromatic rings. The molecule has 4 rings (SSSR count). The van der Waals surface area contributed by atoms with Crippen molar-refractivity contribution in [2.45, 2.75) is 24.5 Å². The van der Waals surface area contributed by atoms with Crippen molar-refractivity contribution in [2.75, 3.05) is 26.0 Å². The fourth-order valence-corrected chi connectivity index (χ4v) is 4.83. The number of rotatable bonds is 5. The average molecular weight is 472 g/mol. The first-order valence-electron chi connectivity index (χ1n) is 9.75. The molecule has 172 valence electrons. The fraction of sp³-hybridized carbons (Fsp3) is 0.400. The number of oxime groups is 1. The summed E-state index contributed by atoms with van der Waals surface area (Å²) in [6.07, 6.45) is 2.26. The van der Waals surface area contributed by atoms with Gasteiger partial charge in [0.2, 0.25) is 15.6 Å². The van der Waals surface area contributed by atoms with Gasteiger partial charge in [-0.1, -0.05) is 11.2 Å². The van der Waals surface area contributed by atoms with Gasteiger partial charge in [-0.05, 0) is 24.6 Å². The number of nitrogens with zero attached hydrogens (tertiary/aromatic N) is 3. The number of benzene rings is 1. The molecule has 1 aromatic carbocycles. The number of aromatic nitrogens is 1. The third kappa shape index (κ3) is 4.29. The smallest absolute Gasteiger partial charge is 0.215 e. The number of sulfonamides is 1. The number of pyridine rings is 1. The van der Waals surface area contributed by atoms with Gasteiger partial charge in [0, 0.05) is 24.7 Å². The van der Waals surface area contributed by atoms with Gasteiger partial charge in [-0.15, -0.1) is 0 Å². The van der Waals surface area contributed by atoms with E-state index in [2.05, 4.69) is 14.9 Å². The number of hydrogen-bond donors (Lipinski definition) is 1. The van der Waals surface area contributed by atoms with Crippen molar-refractivity contribution in [1.82, 2.24) is 14.6 Å². The van der Waals surface area contributed by atoms with Crippen molar-refractivity contribution in [2.24, 2.45) is 5.16 Å². The van der Waals surface area contributed by atoms with Crippen LogP contribution in [0.4, 0.5) is 17.6 Å². The maximum Gasteiger partial charge on any atom is 0.215 e. The maximum atomic E-state index is 14.4. The van der Waals surface area contributed by atoms with Crippen molar-refractivity contribution in [1.29, 1.82) is 0 Å². The first-order chi connectivity index (χ1) is 15.1. The minimum absolute atomic E-state index is 0.128. The molecule has 12 heteroatoms. The minimum atomic E-state index is -3.40. The highest BCUT2D eigenvalue weighted by molar-refractivity contribution is 7.88. The van der Waals surface area contributed by atoms with E-state index in [1.54, 1.807) is 4.90 Å². The molecule has 2 aliphatic rings.